The highest BCUT2D eigenvalue weighted by atomic mass is 32.1. The van der Waals surface area contributed by atoms with Gasteiger partial charge in [-0.3, -0.25) is 9.59 Å². The van der Waals surface area contributed by atoms with Crippen molar-refractivity contribution in [3.8, 4) is 0 Å². The molecule has 0 aliphatic heterocycles. The molecule has 0 atom stereocenters. The molecule has 2 N–H and O–H groups in total. The van der Waals surface area contributed by atoms with Crippen LogP contribution in [0.2, 0.25) is 0 Å². The highest BCUT2D eigenvalue weighted by Crippen LogP contribution is 2.16. The lowest BCUT2D eigenvalue weighted by atomic mass is 10.2. The van der Waals surface area contributed by atoms with E-state index in [2.05, 4.69) is 9.59 Å². The van der Waals surface area contributed by atoms with Crippen molar-refractivity contribution >= 4 is 23.3 Å². The molecule has 0 saturated carbocycles. The van der Waals surface area contributed by atoms with Crippen LogP contribution in [0.3, 0.4) is 0 Å². The number of hydrogen-bond acceptors (Lipinski definition) is 5. The predicted molar refractivity (Wildman–Crippen MR) is 84.3 cm³/mol. The van der Waals surface area contributed by atoms with Crippen molar-refractivity contribution in [2.24, 2.45) is 5.73 Å². The molecule has 2 aromatic rings. The van der Waals surface area contributed by atoms with Crippen LogP contribution in [0.5, 0.6) is 0 Å². The Morgan fingerprint density at radius 2 is 2.00 bits per heavy atom. The van der Waals surface area contributed by atoms with Gasteiger partial charge in [-0.2, -0.15) is 0 Å². The molecule has 2 amide bonds. The van der Waals surface area contributed by atoms with Crippen LogP contribution in [0.15, 0.2) is 30.3 Å². The Balaban J connectivity index is 2.19. The summed E-state index contributed by atoms with van der Waals surface area (Å²) in [6, 6.07) is 9.63. The van der Waals surface area contributed by atoms with Crippen LogP contribution in [0.4, 0.5) is 0 Å². The van der Waals surface area contributed by atoms with Gasteiger partial charge in [0.1, 0.15) is 4.88 Å². The molecule has 0 aliphatic carbocycles. The number of nitrogens with two attached hydrogens (primary N) is 1. The van der Waals surface area contributed by atoms with Crippen molar-refractivity contribution in [1.29, 1.82) is 0 Å². The maximum Gasteiger partial charge on any atom is 0.267 e. The molecule has 0 unspecified atom stereocenters. The zero-order valence-corrected chi connectivity index (χ0v) is 13.2. The van der Waals surface area contributed by atoms with Crippen LogP contribution in [0.1, 0.15) is 34.3 Å². The topological polar surface area (TPSA) is 89.2 Å². The van der Waals surface area contributed by atoms with Crippen molar-refractivity contribution in [1.82, 2.24) is 14.5 Å². The first-order valence-corrected chi connectivity index (χ1v) is 7.82. The number of aromatic nitrogens is 2. The zero-order valence-electron chi connectivity index (χ0n) is 12.4. The molecule has 0 saturated heterocycles. The maximum atomic E-state index is 12.7. The fourth-order valence-corrected chi connectivity index (χ4v) is 2.77. The molecule has 2 rings (SSSR count). The Bertz CT molecular complexity index is 642. The van der Waals surface area contributed by atoms with Gasteiger partial charge in [0.25, 0.3) is 5.91 Å². The summed E-state index contributed by atoms with van der Waals surface area (Å²) in [5, 5.41) is 3.97. The highest BCUT2D eigenvalue weighted by molar-refractivity contribution is 7.08. The van der Waals surface area contributed by atoms with Gasteiger partial charge in [-0.25, -0.2) is 0 Å². The fraction of sp³-hybridized carbons (Fsp3) is 0.333. The van der Waals surface area contributed by atoms with Gasteiger partial charge in [0.15, 0.2) is 0 Å². The van der Waals surface area contributed by atoms with E-state index >= 15 is 0 Å². The molecular formula is C15H18N4O2S. The van der Waals surface area contributed by atoms with E-state index in [4.69, 9.17) is 5.73 Å². The lowest BCUT2D eigenvalue weighted by molar-refractivity contribution is -0.118. The largest absolute Gasteiger partial charge is 0.370 e. The summed E-state index contributed by atoms with van der Waals surface area (Å²) in [6.45, 7) is 2.64. The SMILES string of the molecule is CCc1nnsc1C(=O)N(CCC(N)=O)Cc1ccccc1. The number of rotatable bonds is 7. The smallest absolute Gasteiger partial charge is 0.267 e. The van der Waals surface area contributed by atoms with Gasteiger partial charge in [-0.1, -0.05) is 41.7 Å². The van der Waals surface area contributed by atoms with Crippen LogP contribution in [-0.2, 0) is 17.8 Å². The third-order valence-electron chi connectivity index (χ3n) is 3.22. The highest BCUT2D eigenvalue weighted by Gasteiger charge is 2.22. The third-order valence-corrected chi connectivity index (χ3v) is 3.97. The number of amides is 2. The molecule has 116 valence electrons. The van der Waals surface area contributed by atoms with E-state index < -0.39 is 5.91 Å². The minimum Gasteiger partial charge on any atom is -0.370 e. The second-order valence-corrected chi connectivity index (χ2v) is 5.59. The van der Waals surface area contributed by atoms with E-state index in [9.17, 15) is 9.59 Å². The van der Waals surface area contributed by atoms with Crippen molar-refractivity contribution in [2.75, 3.05) is 6.54 Å². The standard InChI is InChI=1S/C15H18N4O2S/c1-2-12-14(22-18-17-12)15(21)19(9-8-13(16)20)10-11-6-4-3-5-7-11/h3-7H,2,8-10H2,1H3,(H2,16,20). The van der Waals surface area contributed by atoms with E-state index in [0.717, 1.165) is 17.1 Å². The molecule has 7 heteroatoms. The van der Waals surface area contributed by atoms with Gasteiger partial charge in [0, 0.05) is 19.5 Å². The monoisotopic (exact) mass is 318 g/mol. The number of nitrogens with zero attached hydrogens (tertiary/aromatic N) is 3. The summed E-state index contributed by atoms with van der Waals surface area (Å²) in [7, 11) is 0. The number of primary amides is 1. The minimum absolute atomic E-state index is 0.131. The molecule has 6 nitrogen and oxygen atoms in total. The first-order chi connectivity index (χ1) is 10.6. The summed E-state index contributed by atoms with van der Waals surface area (Å²) in [4.78, 5) is 25.9. The summed E-state index contributed by atoms with van der Waals surface area (Å²) in [5.41, 5.74) is 6.89. The number of hydrogen-bond donors (Lipinski definition) is 1. The van der Waals surface area contributed by atoms with Gasteiger partial charge >= 0.3 is 0 Å². The summed E-state index contributed by atoms with van der Waals surface area (Å²) < 4.78 is 3.85. The third kappa shape index (κ3) is 4.11. The zero-order chi connectivity index (χ0) is 15.9. The summed E-state index contributed by atoms with van der Waals surface area (Å²) in [6.07, 6.45) is 0.777. The van der Waals surface area contributed by atoms with Crippen LogP contribution < -0.4 is 5.73 Å². The molecule has 0 bridgehead atoms. The lowest BCUT2D eigenvalue weighted by Gasteiger charge is -2.21. The van der Waals surface area contributed by atoms with E-state index in [1.54, 1.807) is 4.90 Å². The Hall–Kier alpha value is -2.28. The van der Waals surface area contributed by atoms with Crippen LogP contribution in [0.25, 0.3) is 0 Å². The number of carbonyl (C=O) groups is 2. The second-order valence-electron chi connectivity index (χ2n) is 4.83. The molecule has 22 heavy (non-hydrogen) atoms. The average Bonchev–Trinajstić information content (AvgIpc) is 3.00. The quantitative estimate of drug-likeness (QED) is 0.840. The first-order valence-electron chi connectivity index (χ1n) is 7.04. The van der Waals surface area contributed by atoms with Gasteiger partial charge in [-0.15, -0.1) is 5.10 Å². The first kappa shape index (κ1) is 16.1. The fourth-order valence-electron chi connectivity index (χ4n) is 2.05. The predicted octanol–water partition coefficient (Wildman–Crippen LogP) is 1.62. The van der Waals surface area contributed by atoms with Crippen molar-refractivity contribution in [3.05, 3.63) is 46.5 Å². The molecular weight excluding hydrogens is 300 g/mol. The van der Waals surface area contributed by atoms with Crippen molar-refractivity contribution in [3.63, 3.8) is 0 Å². The van der Waals surface area contributed by atoms with E-state index in [1.165, 1.54) is 0 Å². The molecule has 0 radical (unpaired) electrons. The molecule has 1 aromatic heterocycles. The maximum absolute atomic E-state index is 12.7. The molecule has 0 aliphatic rings. The Morgan fingerprint density at radius 3 is 2.64 bits per heavy atom. The Morgan fingerprint density at radius 1 is 1.27 bits per heavy atom. The summed E-state index contributed by atoms with van der Waals surface area (Å²) in [5.74, 6) is -0.582. The Labute approximate surface area is 133 Å². The summed E-state index contributed by atoms with van der Waals surface area (Å²) >= 11 is 1.09. The van der Waals surface area contributed by atoms with Crippen LogP contribution >= 0.6 is 11.5 Å². The molecule has 1 heterocycles. The number of carbonyl (C=O) groups excluding carboxylic acids is 2. The van der Waals surface area contributed by atoms with Crippen LogP contribution in [0, 0.1) is 0 Å². The van der Waals surface area contributed by atoms with Crippen molar-refractivity contribution < 1.29 is 9.59 Å². The van der Waals surface area contributed by atoms with Crippen LogP contribution in [-0.4, -0.2) is 32.8 Å². The number of aryl methyl sites for hydroxylation is 1. The van der Waals surface area contributed by atoms with E-state index in [-0.39, 0.29) is 18.9 Å². The van der Waals surface area contributed by atoms with E-state index in [0.29, 0.717) is 23.5 Å². The number of benzene rings is 1. The van der Waals surface area contributed by atoms with Crippen molar-refractivity contribution in [2.45, 2.75) is 26.3 Å². The van der Waals surface area contributed by atoms with Gasteiger partial charge < -0.3 is 10.6 Å². The normalized spacial score (nSPS) is 10.4. The average molecular weight is 318 g/mol. The van der Waals surface area contributed by atoms with Gasteiger partial charge in [0.05, 0.1) is 5.69 Å². The molecule has 0 spiro atoms. The van der Waals surface area contributed by atoms with Gasteiger partial charge in [0.2, 0.25) is 5.91 Å². The lowest BCUT2D eigenvalue weighted by Crippen LogP contribution is -2.33. The van der Waals surface area contributed by atoms with E-state index in [1.807, 2.05) is 37.3 Å². The minimum atomic E-state index is -0.427. The Kier molecular flexibility index (Phi) is 5.60. The van der Waals surface area contributed by atoms with Gasteiger partial charge in [-0.05, 0) is 23.5 Å². The second kappa shape index (κ2) is 7.65. The molecule has 1 aromatic carbocycles. The molecule has 0 fully saturated rings.